The molecule has 6 aliphatic rings. The number of rotatable bonds is 4. The van der Waals surface area contributed by atoms with E-state index in [9.17, 15) is 24.8 Å². The van der Waals surface area contributed by atoms with E-state index in [2.05, 4.69) is 20.8 Å². The third-order valence-corrected chi connectivity index (χ3v) is 13.9. The molecule has 5 fully saturated rings. The smallest absolute Gasteiger partial charge is 0.447 e. The van der Waals surface area contributed by atoms with Crippen LogP contribution < -0.4 is 0 Å². The molecular weight excluding hydrogens is 572 g/mol. The van der Waals surface area contributed by atoms with Crippen molar-refractivity contribution in [1.29, 1.82) is 5.26 Å². The van der Waals surface area contributed by atoms with Gasteiger partial charge in [-0.1, -0.05) is 40.7 Å². The van der Waals surface area contributed by atoms with Crippen molar-refractivity contribution in [2.75, 3.05) is 6.61 Å². The molecule has 0 spiro atoms. The molecule has 6 aliphatic carbocycles. The summed E-state index contributed by atoms with van der Waals surface area (Å²) in [5.41, 5.74) is -7.70. The van der Waals surface area contributed by atoms with Gasteiger partial charge in [0.05, 0.1) is 6.10 Å². The van der Waals surface area contributed by atoms with E-state index < -0.39 is 82.7 Å². The maximum atomic E-state index is 17.6. The molecule has 1 unspecified atom stereocenters. The van der Waals surface area contributed by atoms with E-state index in [0.717, 1.165) is 18.9 Å². The van der Waals surface area contributed by atoms with Gasteiger partial charge in [-0.3, -0.25) is 4.79 Å². The molecule has 44 heavy (non-hydrogen) atoms. The monoisotopic (exact) mass is 615 g/mol. The first-order chi connectivity index (χ1) is 20.4. The number of nitrogens with zero attached hydrogens (tertiary/aromatic N) is 1. The summed E-state index contributed by atoms with van der Waals surface area (Å²) in [6.45, 7) is 10.7. The Morgan fingerprint density at radius 1 is 1.11 bits per heavy atom. The number of carbonyl (C=O) groups excluding carboxylic acids is 3. The minimum absolute atomic E-state index is 0.000694. The summed E-state index contributed by atoms with van der Waals surface area (Å²) in [6.07, 6.45) is 1.02. The maximum Gasteiger partial charge on any atom is 0.509 e. The molecule has 12 atom stereocenters. The van der Waals surface area contributed by atoms with Gasteiger partial charge in [0.15, 0.2) is 18.1 Å². The van der Waals surface area contributed by atoms with Crippen molar-refractivity contribution in [3.63, 3.8) is 0 Å². The van der Waals surface area contributed by atoms with Gasteiger partial charge in [0.25, 0.3) is 0 Å². The van der Waals surface area contributed by atoms with Crippen molar-refractivity contribution in [3.05, 3.63) is 23.8 Å². The number of nitriles is 1. The van der Waals surface area contributed by atoms with Crippen LogP contribution in [0.3, 0.4) is 0 Å². The molecule has 0 aliphatic heterocycles. The SMILES string of the molecule is C[C@@H]1C[C@H]2[C@@H]3C[C@H](F)C4=CC(=O)C=C[C@]4(C)C3(F)[C@@H](O)C[C@]2(C)[C@]1(OC(=O)O[C@H]1C[C@@H]2CC[C@@]1(C)C2(C)C)C(=O)OCC#N. The number of ketones is 1. The Kier molecular flexibility index (Phi) is 6.81. The molecule has 0 radical (unpaired) electrons. The molecule has 10 heteroatoms. The van der Waals surface area contributed by atoms with E-state index in [0.29, 0.717) is 12.3 Å². The molecule has 0 heterocycles. The lowest BCUT2D eigenvalue weighted by Gasteiger charge is -2.62. The molecule has 240 valence electrons. The second-order valence-electron chi connectivity index (χ2n) is 15.5. The van der Waals surface area contributed by atoms with Crippen molar-refractivity contribution in [2.45, 2.75) is 110 Å². The van der Waals surface area contributed by atoms with Crippen LogP contribution in [-0.2, 0) is 23.8 Å². The minimum Gasteiger partial charge on any atom is -0.447 e. The second kappa shape index (κ2) is 9.60. The van der Waals surface area contributed by atoms with Gasteiger partial charge in [-0.25, -0.2) is 18.4 Å². The van der Waals surface area contributed by atoms with Crippen LogP contribution in [-0.4, -0.2) is 59.3 Å². The summed E-state index contributed by atoms with van der Waals surface area (Å²) in [5.74, 6) is -3.55. The van der Waals surface area contributed by atoms with E-state index in [1.54, 1.807) is 19.9 Å². The molecule has 2 bridgehead atoms. The summed E-state index contributed by atoms with van der Waals surface area (Å²) >= 11 is 0. The average Bonchev–Trinajstić information content (AvgIpc) is 3.39. The highest BCUT2D eigenvalue weighted by molar-refractivity contribution is 6.01. The number of esters is 1. The minimum atomic E-state index is -2.36. The Balaban J connectivity index is 1.38. The Morgan fingerprint density at radius 3 is 2.43 bits per heavy atom. The predicted octanol–water partition coefficient (Wildman–Crippen LogP) is 5.72. The normalized spacial score (nSPS) is 49.7. The van der Waals surface area contributed by atoms with Crippen LogP contribution in [0, 0.1) is 56.7 Å². The van der Waals surface area contributed by atoms with Crippen LogP contribution in [0.2, 0.25) is 0 Å². The molecule has 0 saturated heterocycles. The van der Waals surface area contributed by atoms with Crippen LogP contribution in [0.1, 0.15) is 80.1 Å². The zero-order valence-corrected chi connectivity index (χ0v) is 26.3. The van der Waals surface area contributed by atoms with Crippen molar-refractivity contribution in [3.8, 4) is 6.07 Å². The van der Waals surface area contributed by atoms with Gasteiger partial charge in [0.1, 0.15) is 18.3 Å². The van der Waals surface area contributed by atoms with Crippen LogP contribution in [0.4, 0.5) is 13.6 Å². The number of aliphatic hydroxyl groups excluding tert-OH is 1. The highest BCUT2D eigenvalue weighted by Crippen LogP contribution is 2.72. The molecule has 8 nitrogen and oxygen atoms in total. The lowest BCUT2D eigenvalue weighted by Crippen LogP contribution is -2.71. The summed E-state index contributed by atoms with van der Waals surface area (Å²) < 4.78 is 51.0. The molecule has 0 aromatic heterocycles. The predicted molar refractivity (Wildman–Crippen MR) is 153 cm³/mol. The molecule has 1 N–H and O–H groups in total. The summed E-state index contributed by atoms with van der Waals surface area (Å²) in [6, 6.07) is 1.77. The van der Waals surface area contributed by atoms with Crippen molar-refractivity contribution >= 4 is 17.9 Å². The lowest BCUT2D eigenvalue weighted by atomic mass is 9.44. The van der Waals surface area contributed by atoms with Crippen LogP contribution in [0.5, 0.6) is 0 Å². The summed E-state index contributed by atoms with van der Waals surface area (Å²) in [7, 11) is 0. The molecular formula is C34H43F2NO7. The topological polar surface area (TPSA) is 123 Å². The maximum absolute atomic E-state index is 17.6. The van der Waals surface area contributed by atoms with Crippen molar-refractivity contribution in [1.82, 2.24) is 0 Å². The number of carbonyl (C=O) groups is 3. The Labute approximate surface area is 257 Å². The highest BCUT2D eigenvalue weighted by atomic mass is 19.1. The van der Waals surface area contributed by atoms with Crippen molar-refractivity contribution < 1.29 is 42.5 Å². The van der Waals surface area contributed by atoms with E-state index in [1.807, 2.05) is 0 Å². The lowest BCUT2D eigenvalue weighted by molar-refractivity contribution is -0.234. The van der Waals surface area contributed by atoms with Gasteiger partial charge in [-0.15, -0.1) is 0 Å². The highest BCUT2D eigenvalue weighted by Gasteiger charge is 2.79. The van der Waals surface area contributed by atoms with E-state index in [-0.39, 0.29) is 35.7 Å². The molecule has 0 aromatic carbocycles. The molecule has 0 amide bonds. The third kappa shape index (κ3) is 3.59. The van der Waals surface area contributed by atoms with Crippen LogP contribution >= 0.6 is 0 Å². The van der Waals surface area contributed by atoms with Gasteiger partial charge in [0, 0.05) is 28.1 Å². The average molecular weight is 616 g/mol. The first-order valence-corrected chi connectivity index (χ1v) is 15.8. The fourth-order valence-electron chi connectivity index (χ4n) is 11.0. The number of hydrogen-bond donors (Lipinski definition) is 1. The number of fused-ring (bicyclic) bond motifs is 7. The van der Waals surface area contributed by atoms with Gasteiger partial charge in [-0.2, -0.15) is 5.26 Å². The Hall–Kier alpha value is -2.80. The molecule has 5 saturated carbocycles. The van der Waals surface area contributed by atoms with Gasteiger partial charge >= 0.3 is 12.1 Å². The fourth-order valence-corrected chi connectivity index (χ4v) is 11.0. The van der Waals surface area contributed by atoms with E-state index in [4.69, 9.17) is 14.2 Å². The third-order valence-electron chi connectivity index (χ3n) is 13.9. The van der Waals surface area contributed by atoms with Crippen LogP contribution in [0.15, 0.2) is 23.8 Å². The summed E-state index contributed by atoms with van der Waals surface area (Å²) in [4.78, 5) is 39.9. The van der Waals surface area contributed by atoms with Gasteiger partial charge in [0.2, 0.25) is 5.60 Å². The summed E-state index contributed by atoms with van der Waals surface area (Å²) in [5, 5.41) is 20.9. The first kappa shape index (κ1) is 31.2. The number of halogens is 2. The Morgan fingerprint density at radius 2 is 1.82 bits per heavy atom. The molecule has 6 rings (SSSR count). The zero-order valence-electron chi connectivity index (χ0n) is 26.3. The first-order valence-electron chi connectivity index (χ1n) is 15.8. The van der Waals surface area contributed by atoms with Crippen molar-refractivity contribution in [2.24, 2.45) is 45.3 Å². The number of ether oxygens (including phenoxy) is 3. The van der Waals surface area contributed by atoms with E-state index in [1.165, 1.54) is 19.1 Å². The number of alkyl halides is 2. The van der Waals surface area contributed by atoms with Crippen LogP contribution in [0.25, 0.3) is 0 Å². The number of hydrogen-bond acceptors (Lipinski definition) is 8. The quantitative estimate of drug-likeness (QED) is 0.398. The second-order valence-corrected chi connectivity index (χ2v) is 15.5. The van der Waals surface area contributed by atoms with E-state index >= 15 is 8.78 Å². The standard InChI is InChI=1S/C34H43F2NO7/c1-18-13-21-22-16-24(35)23-15-20(38)8-10-30(23,4)33(22,36)25(39)17-32(21,6)34(18,27(40)42-12-11-37)44-28(41)43-26-14-19-7-9-31(26,5)29(19,2)3/h8,10,15,18-19,21-22,24-26,39H,7,9,12-14,16-17H2,1-6H3/t18-,19+,21+,22+,24+,25+,26+,30+,31-,32+,33?,34-/m1/s1. The zero-order chi connectivity index (χ0) is 32.3. The van der Waals surface area contributed by atoms with Gasteiger partial charge < -0.3 is 19.3 Å². The molecule has 0 aromatic rings. The number of aliphatic hydroxyl groups is 1. The number of allylic oxidation sites excluding steroid dienone is 4. The van der Waals surface area contributed by atoms with Gasteiger partial charge in [-0.05, 0) is 80.4 Å². The fraction of sp³-hybridized carbons (Fsp3) is 0.765. The largest absolute Gasteiger partial charge is 0.509 e. The Bertz CT molecular complexity index is 1400.